The van der Waals surface area contributed by atoms with Crippen LogP contribution >= 0.6 is 0 Å². The monoisotopic (exact) mass is 258 g/mol. The molecule has 0 saturated carbocycles. The minimum atomic E-state index is -1.20. The molecule has 0 spiro atoms. The SMILES string of the molecule is CCN(C(=O)N1CCOCC1C)C(C)(C)C(=O)O. The maximum atomic E-state index is 12.4. The molecule has 6 nitrogen and oxygen atoms in total. The van der Waals surface area contributed by atoms with Crippen LogP contribution in [0.15, 0.2) is 0 Å². The van der Waals surface area contributed by atoms with Gasteiger partial charge in [0.25, 0.3) is 0 Å². The number of carbonyl (C=O) groups excluding carboxylic acids is 1. The normalized spacial score (nSPS) is 20.7. The van der Waals surface area contributed by atoms with Gasteiger partial charge in [0.05, 0.1) is 19.3 Å². The molecule has 0 bridgehead atoms. The topological polar surface area (TPSA) is 70.1 Å². The predicted octanol–water partition coefficient (Wildman–Crippen LogP) is 1.01. The number of hydrogen-bond acceptors (Lipinski definition) is 3. The minimum Gasteiger partial charge on any atom is -0.480 e. The molecule has 1 fully saturated rings. The van der Waals surface area contributed by atoms with Crippen molar-refractivity contribution in [3.63, 3.8) is 0 Å². The van der Waals surface area contributed by atoms with E-state index in [1.165, 1.54) is 4.90 Å². The lowest BCUT2D eigenvalue weighted by atomic mass is 10.0. The molecular weight excluding hydrogens is 236 g/mol. The van der Waals surface area contributed by atoms with Crippen molar-refractivity contribution in [3.8, 4) is 0 Å². The minimum absolute atomic E-state index is 0.0232. The Balaban J connectivity index is 2.88. The van der Waals surface area contributed by atoms with Gasteiger partial charge >= 0.3 is 12.0 Å². The average molecular weight is 258 g/mol. The molecule has 0 aromatic heterocycles. The van der Waals surface area contributed by atoms with Crippen LogP contribution < -0.4 is 0 Å². The molecule has 0 aromatic carbocycles. The van der Waals surface area contributed by atoms with E-state index in [2.05, 4.69) is 0 Å². The molecule has 1 N–H and O–H groups in total. The largest absolute Gasteiger partial charge is 0.480 e. The number of likely N-dealkylation sites (N-methyl/N-ethyl adjacent to an activating group) is 1. The van der Waals surface area contributed by atoms with Gasteiger partial charge in [0.15, 0.2) is 0 Å². The molecule has 18 heavy (non-hydrogen) atoms. The van der Waals surface area contributed by atoms with Gasteiger partial charge < -0.3 is 19.6 Å². The molecule has 1 atom stereocenters. The number of rotatable bonds is 3. The first-order valence-electron chi connectivity index (χ1n) is 6.21. The van der Waals surface area contributed by atoms with E-state index >= 15 is 0 Å². The molecule has 0 radical (unpaired) electrons. The van der Waals surface area contributed by atoms with Crippen LogP contribution in [0.2, 0.25) is 0 Å². The fourth-order valence-electron chi connectivity index (χ4n) is 2.05. The summed E-state index contributed by atoms with van der Waals surface area (Å²) >= 11 is 0. The van der Waals surface area contributed by atoms with Crippen molar-refractivity contribution in [3.05, 3.63) is 0 Å². The lowest BCUT2D eigenvalue weighted by Crippen LogP contribution is -2.60. The molecule has 1 aliphatic heterocycles. The third kappa shape index (κ3) is 2.75. The Kier molecular flexibility index (Phi) is 4.56. The molecule has 0 aromatic rings. The van der Waals surface area contributed by atoms with Gasteiger partial charge in [0.1, 0.15) is 5.54 Å². The molecule has 104 valence electrons. The number of ether oxygens (including phenoxy) is 1. The van der Waals surface area contributed by atoms with Crippen molar-refractivity contribution < 1.29 is 19.4 Å². The van der Waals surface area contributed by atoms with E-state index in [1.54, 1.807) is 25.7 Å². The van der Waals surface area contributed by atoms with Crippen LogP contribution in [-0.2, 0) is 9.53 Å². The highest BCUT2D eigenvalue weighted by atomic mass is 16.5. The van der Waals surface area contributed by atoms with Crippen molar-refractivity contribution >= 4 is 12.0 Å². The van der Waals surface area contributed by atoms with Gasteiger partial charge in [0.2, 0.25) is 0 Å². The quantitative estimate of drug-likeness (QED) is 0.820. The van der Waals surface area contributed by atoms with Crippen molar-refractivity contribution in [2.75, 3.05) is 26.3 Å². The van der Waals surface area contributed by atoms with Crippen molar-refractivity contribution in [1.82, 2.24) is 9.80 Å². The number of amides is 2. The van der Waals surface area contributed by atoms with Gasteiger partial charge in [-0.3, -0.25) is 0 Å². The molecule has 1 saturated heterocycles. The summed E-state index contributed by atoms with van der Waals surface area (Å²) in [7, 11) is 0. The summed E-state index contributed by atoms with van der Waals surface area (Å²) in [5.74, 6) is -1.00. The predicted molar refractivity (Wildman–Crippen MR) is 66.5 cm³/mol. The fraction of sp³-hybridized carbons (Fsp3) is 0.833. The lowest BCUT2D eigenvalue weighted by Gasteiger charge is -2.41. The Hall–Kier alpha value is -1.30. The Morgan fingerprint density at radius 2 is 2.11 bits per heavy atom. The van der Waals surface area contributed by atoms with Crippen molar-refractivity contribution in [2.24, 2.45) is 0 Å². The van der Waals surface area contributed by atoms with Gasteiger partial charge in [-0.15, -0.1) is 0 Å². The van der Waals surface area contributed by atoms with Crippen LogP contribution in [0, 0.1) is 0 Å². The Morgan fingerprint density at radius 3 is 2.56 bits per heavy atom. The average Bonchev–Trinajstić information content (AvgIpc) is 2.29. The van der Waals surface area contributed by atoms with Crippen LogP contribution in [0.5, 0.6) is 0 Å². The number of morpholine rings is 1. The first-order chi connectivity index (χ1) is 8.32. The van der Waals surface area contributed by atoms with Crippen LogP contribution in [0.3, 0.4) is 0 Å². The number of carboxylic acids is 1. The van der Waals surface area contributed by atoms with E-state index in [1.807, 2.05) is 6.92 Å². The van der Waals surface area contributed by atoms with Gasteiger partial charge in [-0.2, -0.15) is 0 Å². The molecule has 6 heteroatoms. The first-order valence-corrected chi connectivity index (χ1v) is 6.21. The number of carboxylic acid groups (broad SMARTS) is 1. The number of aliphatic carboxylic acids is 1. The smallest absolute Gasteiger partial charge is 0.329 e. The number of nitrogens with zero attached hydrogens (tertiary/aromatic N) is 2. The van der Waals surface area contributed by atoms with Gasteiger partial charge in [0, 0.05) is 13.1 Å². The summed E-state index contributed by atoms with van der Waals surface area (Å²) in [4.78, 5) is 26.7. The fourth-order valence-corrected chi connectivity index (χ4v) is 2.05. The van der Waals surface area contributed by atoms with E-state index in [0.717, 1.165) is 0 Å². The zero-order valence-corrected chi connectivity index (χ0v) is 11.5. The standard InChI is InChI=1S/C12H22N2O4/c1-5-14(12(3,4)10(15)16)11(17)13-6-7-18-8-9(13)2/h9H,5-8H2,1-4H3,(H,15,16). The van der Waals surface area contributed by atoms with E-state index in [0.29, 0.717) is 26.3 Å². The second-order valence-electron chi connectivity index (χ2n) is 5.01. The van der Waals surface area contributed by atoms with Crippen molar-refractivity contribution in [2.45, 2.75) is 39.3 Å². The Labute approximate surface area is 107 Å². The molecule has 2 amide bonds. The molecule has 1 aliphatic rings. The summed E-state index contributed by atoms with van der Waals surface area (Å²) in [6, 6.07) is -0.259. The summed E-state index contributed by atoms with van der Waals surface area (Å²) in [5.41, 5.74) is -1.20. The first kappa shape index (κ1) is 14.8. The third-order valence-corrected chi connectivity index (χ3v) is 3.36. The van der Waals surface area contributed by atoms with Crippen molar-refractivity contribution in [1.29, 1.82) is 0 Å². The lowest BCUT2D eigenvalue weighted by molar-refractivity contribution is -0.148. The Morgan fingerprint density at radius 1 is 1.50 bits per heavy atom. The second-order valence-corrected chi connectivity index (χ2v) is 5.01. The number of carbonyl (C=O) groups is 2. The number of urea groups is 1. The van der Waals surface area contributed by atoms with Crippen LogP contribution in [0.4, 0.5) is 4.79 Å². The molecular formula is C12H22N2O4. The molecule has 0 aliphatic carbocycles. The van der Waals surface area contributed by atoms with Gasteiger partial charge in [-0.25, -0.2) is 9.59 Å². The zero-order valence-electron chi connectivity index (χ0n) is 11.5. The van der Waals surface area contributed by atoms with E-state index in [9.17, 15) is 14.7 Å². The van der Waals surface area contributed by atoms with Crippen LogP contribution in [0.25, 0.3) is 0 Å². The van der Waals surface area contributed by atoms with E-state index < -0.39 is 11.5 Å². The Bertz CT molecular complexity index is 330. The van der Waals surface area contributed by atoms with Gasteiger partial charge in [-0.05, 0) is 27.7 Å². The highest BCUT2D eigenvalue weighted by molar-refractivity contribution is 5.85. The highest BCUT2D eigenvalue weighted by Gasteiger charge is 2.40. The molecule has 1 rings (SSSR count). The number of hydrogen-bond donors (Lipinski definition) is 1. The maximum Gasteiger partial charge on any atom is 0.329 e. The maximum absolute atomic E-state index is 12.4. The molecule has 1 heterocycles. The van der Waals surface area contributed by atoms with Crippen LogP contribution in [-0.4, -0.2) is 64.8 Å². The highest BCUT2D eigenvalue weighted by Crippen LogP contribution is 2.19. The summed E-state index contributed by atoms with van der Waals surface area (Å²) < 4.78 is 5.28. The summed E-state index contributed by atoms with van der Waals surface area (Å²) in [6.07, 6.45) is 0. The van der Waals surface area contributed by atoms with E-state index in [-0.39, 0.29) is 12.1 Å². The van der Waals surface area contributed by atoms with E-state index in [4.69, 9.17) is 4.74 Å². The molecule has 1 unspecified atom stereocenters. The second kappa shape index (κ2) is 5.56. The summed E-state index contributed by atoms with van der Waals surface area (Å²) in [6.45, 7) is 8.64. The van der Waals surface area contributed by atoms with Gasteiger partial charge in [-0.1, -0.05) is 0 Å². The summed E-state index contributed by atoms with van der Waals surface area (Å²) in [5, 5.41) is 9.22. The third-order valence-electron chi connectivity index (χ3n) is 3.36. The van der Waals surface area contributed by atoms with Crippen LogP contribution in [0.1, 0.15) is 27.7 Å². The zero-order chi connectivity index (χ0) is 13.9.